The van der Waals surface area contributed by atoms with Crippen molar-refractivity contribution in [3.8, 4) is 0 Å². The average Bonchev–Trinajstić information content (AvgIpc) is 2.22. The molecule has 0 amide bonds. The summed E-state index contributed by atoms with van der Waals surface area (Å²) < 4.78 is 4.67. The number of benzene rings is 1. The molecule has 82 valence electrons. The van der Waals surface area contributed by atoms with E-state index in [0.717, 1.165) is 16.5 Å². The highest BCUT2D eigenvalue weighted by atomic mass is 79.9. The molecule has 0 bridgehead atoms. The van der Waals surface area contributed by atoms with Crippen LogP contribution in [0.2, 0.25) is 0 Å². The molecule has 0 saturated heterocycles. The van der Waals surface area contributed by atoms with Crippen molar-refractivity contribution in [1.82, 2.24) is 0 Å². The van der Waals surface area contributed by atoms with Crippen molar-refractivity contribution in [2.45, 2.75) is 25.6 Å². The standard InChI is InChI=1S/C12H15BrO2/c1-8-4-10(6-12(14)15-3)11(7-13)5-9(8)2/h4-5H,6-7H2,1-3H3. The van der Waals surface area contributed by atoms with Gasteiger partial charge in [-0.25, -0.2) is 0 Å². The van der Waals surface area contributed by atoms with Gasteiger partial charge >= 0.3 is 5.97 Å². The van der Waals surface area contributed by atoms with E-state index in [-0.39, 0.29) is 5.97 Å². The van der Waals surface area contributed by atoms with Crippen molar-refractivity contribution < 1.29 is 9.53 Å². The normalized spacial score (nSPS) is 10.1. The van der Waals surface area contributed by atoms with Gasteiger partial charge in [0.05, 0.1) is 13.5 Å². The number of halogens is 1. The number of methoxy groups -OCH3 is 1. The second-order valence-corrected chi connectivity index (χ2v) is 4.15. The van der Waals surface area contributed by atoms with E-state index in [1.807, 2.05) is 6.92 Å². The molecule has 1 aromatic carbocycles. The number of aryl methyl sites for hydroxylation is 2. The quantitative estimate of drug-likeness (QED) is 0.624. The molecule has 0 aliphatic heterocycles. The summed E-state index contributed by atoms with van der Waals surface area (Å²) >= 11 is 3.43. The lowest BCUT2D eigenvalue weighted by Gasteiger charge is -2.10. The minimum atomic E-state index is -0.194. The number of ether oxygens (including phenoxy) is 1. The van der Waals surface area contributed by atoms with Gasteiger partial charge in [-0.15, -0.1) is 0 Å². The SMILES string of the molecule is COC(=O)Cc1cc(C)c(C)cc1CBr. The molecular formula is C12H15BrO2. The van der Waals surface area contributed by atoms with Gasteiger partial charge in [0.2, 0.25) is 0 Å². The molecule has 3 heteroatoms. The van der Waals surface area contributed by atoms with Gasteiger partial charge in [-0.1, -0.05) is 28.1 Å². The van der Waals surface area contributed by atoms with E-state index < -0.39 is 0 Å². The van der Waals surface area contributed by atoms with Crippen LogP contribution in [0, 0.1) is 13.8 Å². The molecule has 0 unspecified atom stereocenters. The van der Waals surface area contributed by atoms with Gasteiger partial charge in [0.15, 0.2) is 0 Å². The predicted octanol–water partition coefficient (Wildman–Crippen LogP) is 2.91. The van der Waals surface area contributed by atoms with Crippen LogP contribution in [0.4, 0.5) is 0 Å². The van der Waals surface area contributed by atoms with Gasteiger partial charge in [0.25, 0.3) is 0 Å². The zero-order valence-electron chi connectivity index (χ0n) is 9.26. The molecular weight excluding hydrogens is 256 g/mol. The highest BCUT2D eigenvalue weighted by Crippen LogP contribution is 2.19. The Hall–Kier alpha value is -0.830. The Morgan fingerprint density at radius 2 is 1.80 bits per heavy atom. The topological polar surface area (TPSA) is 26.3 Å². The van der Waals surface area contributed by atoms with Crippen LogP contribution in [0.1, 0.15) is 22.3 Å². The first-order chi connectivity index (χ1) is 7.08. The molecule has 0 radical (unpaired) electrons. The first kappa shape index (κ1) is 12.2. The molecule has 0 aliphatic carbocycles. The zero-order valence-corrected chi connectivity index (χ0v) is 10.8. The summed E-state index contributed by atoms with van der Waals surface area (Å²) in [5, 5.41) is 0.764. The molecule has 0 fully saturated rings. The van der Waals surface area contributed by atoms with Gasteiger partial charge < -0.3 is 4.74 Å². The van der Waals surface area contributed by atoms with Crippen LogP contribution in [-0.2, 0) is 21.3 Å². The second kappa shape index (κ2) is 5.31. The maximum absolute atomic E-state index is 11.2. The minimum Gasteiger partial charge on any atom is -0.469 e. The molecule has 0 aromatic heterocycles. The fourth-order valence-corrected chi connectivity index (χ4v) is 1.97. The van der Waals surface area contributed by atoms with Crippen LogP contribution in [-0.4, -0.2) is 13.1 Å². The first-order valence-corrected chi connectivity index (χ1v) is 5.92. The minimum absolute atomic E-state index is 0.194. The Labute approximate surface area is 98.8 Å². The molecule has 1 aromatic rings. The number of alkyl halides is 1. The Morgan fingerprint density at radius 1 is 1.27 bits per heavy atom. The molecule has 0 saturated carbocycles. The fourth-order valence-electron chi connectivity index (χ4n) is 1.45. The van der Waals surface area contributed by atoms with Crippen LogP contribution in [0.15, 0.2) is 12.1 Å². The van der Waals surface area contributed by atoms with Gasteiger partial charge in [-0.05, 0) is 36.1 Å². The van der Waals surface area contributed by atoms with E-state index in [1.165, 1.54) is 18.2 Å². The lowest BCUT2D eigenvalue weighted by molar-refractivity contribution is -0.139. The van der Waals surface area contributed by atoms with E-state index in [0.29, 0.717) is 6.42 Å². The van der Waals surface area contributed by atoms with E-state index in [9.17, 15) is 4.79 Å². The van der Waals surface area contributed by atoms with Crippen molar-refractivity contribution in [3.05, 3.63) is 34.4 Å². The van der Waals surface area contributed by atoms with Crippen molar-refractivity contribution in [3.63, 3.8) is 0 Å². The zero-order chi connectivity index (χ0) is 11.4. The van der Waals surface area contributed by atoms with Gasteiger partial charge in [0, 0.05) is 5.33 Å². The molecule has 1 rings (SSSR count). The monoisotopic (exact) mass is 270 g/mol. The molecule has 0 spiro atoms. The van der Waals surface area contributed by atoms with Crippen molar-refractivity contribution in [2.24, 2.45) is 0 Å². The average molecular weight is 271 g/mol. The van der Waals surface area contributed by atoms with Crippen LogP contribution < -0.4 is 0 Å². The van der Waals surface area contributed by atoms with Gasteiger partial charge in [0.1, 0.15) is 0 Å². The number of carbonyl (C=O) groups excluding carboxylic acids is 1. The highest BCUT2D eigenvalue weighted by molar-refractivity contribution is 9.08. The Morgan fingerprint density at radius 3 is 2.27 bits per heavy atom. The van der Waals surface area contributed by atoms with Crippen LogP contribution in [0.3, 0.4) is 0 Å². The first-order valence-electron chi connectivity index (χ1n) is 4.80. The molecule has 2 nitrogen and oxygen atoms in total. The molecule has 0 atom stereocenters. The number of hydrogen-bond donors (Lipinski definition) is 0. The summed E-state index contributed by atoms with van der Waals surface area (Å²) in [5.41, 5.74) is 4.65. The van der Waals surface area contributed by atoms with Crippen molar-refractivity contribution >= 4 is 21.9 Å². The lowest BCUT2D eigenvalue weighted by Crippen LogP contribution is -2.07. The number of carbonyl (C=O) groups is 1. The van der Waals surface area contributed by atoms with E-state index in [1.54, 1.807) is 0 Å². The molecule has 0 N–H and O–H groups in total. The third-order valence-corrected chi connectivity index (χ3v) is 3.13. The molecule has 0 aliphatic rings. The summed E-state index contributed by atoms with van der Waals surface area (Å²) in [6.45, 7) is 4.12. The maximum atomic E-state index is 11.2. The van der Waals surface area contributed by atoms with Crippen LogP contribution >= 0.6 is 15.9 Å². The summed E-state index contributed by atoms with van der Waals surface area (Å²) in [6.07, 6.45) is 0.346. The van der Waals surface area contributed by atoms with Gasteiger partial charge in [-0.2, -0.15) is 0 Å². The maximum Gasteiger partial charge on any atom is 0.309 e. The fraction of sp³-hybridized carbons (Fsp3) is 0.417. The number of rotatable bonds is 3. The Balaban J connectivity index is 3.05. The molecule has 15 heavy (non-hydrogen) atoms. The summed E-state index contributed by atoms with van der Waals surface area (Å²) in [4.78, 5) is 11.2. The lowest BCUT2D eigenvalue weighted by atomic mass is 9.99. The third kappa shape index (κ3) is 3.06. The van der Waals surface area contributed by atoms with E-state index >= 15 is 0 Å². The van der Waals surface area contributed by atoms with Crippen LogP contribution in [0.25, 0.3) is 0 Å². The number of hydrogen-bond acceptors (Lipinski definition) is 2. The smallest absolute Gasteiger partial charge is 0.309 e. The summed E-state index contributed by atoms with van der Waals surface area (Å²) in [6, 6.07) is 4.17. The molecule has 0 heterocycles. The van der Waals surface area contributed by atoms with Crippen molar-refractivity contribution in [1.29, 1.82) is 0 Å². The largest absolute Gasteiger partial charge is 0.469 e. The Bertz CT molecular complexity index is 372. The van der Waals surface area contributed by atoms with E-state index in [4.69, 9.17) is 0 Å². The van der Waals surface area contributed by atoms with Gasteiger partial charge in [-0.3, -0.25) is 4.79 Å². The predicted molar refractivity (Wildman–Crippen MR) is 64.3 cm³/mol. The summed E-state index contributed by atoms with van der Waals surface area (Å²) in [5.74, 6) is -0.194. The second-order valence-electron chi connectivity index (χ2n) is 3.59. The van der Waals surface area contributed by atoms with Crippen LogP contribution in [0.5, 0.6) is 0 Å². The number of esters is 1. The highest BCUT2D eigenvalue weighted by Gasteiger charge is 2.09. The summed E-state index contributed by atoms with van der Waals surface area (Å²) in [7, 11) is 1.41. The van der Waals surface area contributed by atoms with Crippen molar-refractivity contribution in [2.75, 3.05) is 7.11 Å². The Kier molecular flexibility index (Phi) is 4.33. The third-order valence-electron chi connectivity index (χ3n) is 2.52. The van der Waals surface area contributed by atoms with E-state index in [2.05, 4.69) is 39.7 Å².